The van der Waals surface area contributed by atoms with E-state index >= 15 is 0 Å². The minimum Gasteiger partial charge on any atom is -0.508 e. The van der Waals surface area contributed by atoms with Gasteiger partial charge >= 0.3 is 0 Å². The zero-order valence-electron chi connectivity index (χ0n) is 12.8. The molecule has 1 heterocycles. The molecule has 24 heavy (non-hydrogen) atoms. The van der Waals surface area contributed by atoms with Gasteiger partial charge in [0.25, 0.3) is 0 Å². The molecule has 122 valence electrons. The van der Waals surface area contributed by atoms with E-state index in [0.29, 0.717) is 22.1 Å². The molecule has 0 aliphatic carbocycles. The van der Waals surface area contributed by atoms with Gasteiger partial charge in [0, 0.05) is 12.6 Å². The summed E-state index contributed by atoms with van der Waals surface area (Å²) in [6.07, 6.45) is 0. The number of Topliss-reactive ketones (excluding diaryl/α,β-unsaturated/α-hetero) is 1. The van der Waals surface area contributed by atoms with Crippen molar-refractivity contribution in [3.05, 3.63) is 59.9 Å². The van der Waals surface area contributed by atoms with Gasteiger partial charge < -0.3 is 9.67 Å². The third-order valence-electron chi connectivity index (χ3n) is 3.47. The average molecular weight is 343 g/mol. The van der Waals surface area contributed by atoms with E-state index in [1.54, 1.807) is 41.9 Å². The van der Waals surface area contributed by atoms with Gasteiger partial charge in [0.2, 0.25) is 0 Å². The summed E-state index contributed by atoms with van der Waals surface area (Å²) < 4.78 is 15.5. The Balaban J connectivity index is 1.74. The molecule has 0 atom stereocenters. The smallest absolute Gasteiger partial charge is 0.191 e. The van der Waals surface area contributed by atoms with Gasteiger partial charge in [0.15, 0.2) is 16.8 Å². The lowest BCUT2D eigenvalue weighted by molar-refractivity contribution is 0.102. The molecule has 3 rings (SSSR count). The van der Waals surface area contributed by atoms with Crippen molar-refractivity contribution < 1.29 is 14.3 Å². The van der Waals surface area contributed by atoms with E-state index in [9.17, 15) is 14.3 Å². The van der Waals surface area contributed by atoms with Gasteiger partial charge in [0.05, 0.1) is 11.3 Å². The summed E-state index contributed by atoms with van der Waals surface area (Å²) >= 11 is 1.23. The second-order valence-corrected chi connectivity index (χ2v) is 6.05. The van der Waals surface area contributed by atoms with Crippen molar-refractivity contribution in [1.29, 1.82) is 0 Å². The predicted molar refractivity (Wildman–Crippen MR) is 89.6 cm³/mol. The largest absolute Gasteiger partial charge is 0.508 e. The molecule has 0 aliphatic rings. The zero-order valence-corrected chi connectivity index (χ0v) is 13.6. The van der Waals surface area contributed by atoms with Crippen LogP contribution < -0.4 is 0 Å². The number of hydrogen-bond acceptors (Lipinski definition) is 5. The van der Waals surface area contributed by atoms with Crippen LogP contribution in [0.3, 0.4) is 0 Å². The van der Waals surface area contributed by atoms with Crippen molar-refractivity contribution in [2.45, 2.75) is 5.16 Å². The normalized spacial score (nSPS) is 10.8. The Morgan fingerprint density at radius 1 is 1.17 bits per heavy atom. The van der Waals surface area contributed by atoms with Crippen molar-refractivity contribution in [2.75, 3.05) is 5.75 Å². The maximum atomic E-state index is 13.9. The van der Waals surface area contributed by atoms with Crippen molar-refractivity contribution in [3.63, 3.8) is 0 Å². The number of aromatic nitrogens is 3. The molecule has 0 radical (unpaired) electrons. The summed E-state index contributed by atoms with van der Waals surface area (Å²) in [7, 11) is 1.73. The lowest BCUT2D eigenvalue weighted by Crippen LogP contribution is -2.03. The van der Waals surface area contributed by atoms with Crippen LogP contribution in [0.2, 0.25) is 0 Å². The molecule has 1 N–H and O–H groups in total. The first-order valence-corrected chi connectivity index (χ1v) is 8.14. The number of ketones is 1. The van der Waals surface area contributed by atoms with E-state index in [2.05, 4.69) is 10.2 Å². The van der Waals surface area contributed by atoms with Crippen LogP contribution >= 0.6 is 11.8 Å². The molecule has 0 bridgehead atoms. The number of nitrogens with zero attached hydrogens (tertiary/aromatic N) is 3. The van der Waals surface area contributed by atoms with E-state index in [4.69, 9.17) is 0 Å². The Bertz CT molecular complexity index is 878. The SMILES string of the molecule is Cn1c(SCC(=O)c2ccc(O)cc2)nnc1-c1ccccc1F. The fraction of sp³-hybridized carbons (Fsp3) is 0.118. The van der Waals surface area contributed by atoms with Crippen molar-refractivity contribution in [3.8, 4) is 17.1 Å². The molecule has 7 heteroatoms. The van der Waals surface area contributed by atoms with E-state index in [1.807, 2.05) is 0 Å². The fourth-order valence-electron chi connectivity index (χ4n) is 2.18. The van der Waals surface area contributed by atoms with Crippen LogP contribution in [0.25, 0.3) is 11.4 Å². The third-order valence-corrected chi connectivity index (χ3v) is 4.49. The van der Waals surface area contributed by atoms with Gasteiger partial charge in [-0.3, -0.25) is 4.79 Å². The van der Waals surface area contributed by atoms with Gasteiger partial charge in [-0.25, -0.2) is 4.39 Å². The number of carbonyl (C=O) groups is 1. The highest BCUT2D eigenvalue weighted by Gasteiger charge is 2.15. The molecular formula is C17H14FN3O2S. The van der Waals surface area contributed by atoms with Crippen molar-refractivity contribution >= 4 is 17.5 Å². The second-order valence-electron chi connectivity index (χ2n) is 5.10. The maximum Gasteiger partial charge on any atom is 0.191 e. The zero-order chi connectivity index (χ0) is 17.1. The Labute approximate surface area is 142 Å². The first-order chi connectivity index (χ1) is 11.6. The molecule has 0 fully saturated rings. The summed E-state index contributed by atoms with van der Waals surface area (Å²) in [5, 5.41) is 17.8. The second kappa shape index (κ2) is 6.84. The minimum atomic E-state index is -0.371. The summed E-state index contributed by atoms with van der Waals surface area (Å²) in [5.74, 6) is 0.239. The van der Waals surface area contributed by atoms with Crippen molar-refractivity contribution in [1.82, 2.24) is 14.8 Å². The third kappa shape index (κ3) is 3.30. The van der Waals surface area contributed by atoms with Gasteiger partial charge in [-0.2, -0.15) is 0 Å². The number of carbonyl (C=O) groups excluding carboxylic acids is 1. The standard InChI is InChI=1S/C17H14FN3O2S/c1-21-16(13-4-2-3-5-14(13)18)19-20-17(21)24-10-15(23)11-6-8-12(22)9-7-11/h2-9,22H,10H2,1H3. The van der Waals surface area contributed by atoms with Crippen LogP contribution in [-0.4, -0.2) is 31.4 Å². The van der Waals surface area contributed by atoms with Gasteiger partial charge in [-0.1, -0.05) is 23.9 Å². The molecule has 0 saturated heterocycles. The lowest BCUT2D eigenvalue weighted by atomic mass is 10.1. The highest BCUT2D eigenvalue weighted by molar-refractivity contribution is 7.99. The van der Waals surface area contributed by atoms with Crippen molar-refractivity contribution in [2.24, 2.45) is 7.05 Å². The number of aromatic hydroxyl groups is 1. The van der Waals surface area contributed by atoms with Gasteiger partial charge in [-0.15, -0.1) is 10.2 Å². The molecule has 2 aromatic carbocycles. The Kier molecular flexibility index (Phi) is 4.61. The molecule has 0 aliphatic heterocycles. The van der Waals surface area contributed by atoms with E-state index in [-0.39, 0.29) is 23.1 Å². The number of rotatable bonds is 5. The van der Waals surface area contributed by atoms with Crippen LogP contribution in [0, 0.1) is 5.82 Å². The summed E-state index contributed by atoms with van der Waals surface area (Å²) in [4.78, 5) is 12.2. The minimum absolute atomic E-state index is 0.0876. The lowest BCUT2D eigenvalue weighted by Gasteiger charge is -2.05. The predicted octanol–water partition coefficient (Wildman–Crippen LogP) is 3.30. The molecule has 0 unspecified atom stereocenters. The highest BCUT2D eigenvalue weighted by atomic mass is 32.2. The highest BCUT2D eigenvalue weighted by Crippen LogP contribution is 2.25. The first-order valence-electron chi connectivity index (χ1n) is 7.15. The number of phenolic OH excluding ortho intramolecular Hbond substituents is 1. The van der Waals surface area contributed by atoms with E-state index < -0.39 is 0 Å². The topological polar surface area (TPSA) is 68.0 Å². The van der Waals surface area contributed by atoms with Crippen LogP contribution in [0.1, 0.15) is 10.4 Å². The molecule has 0 saturated carbocycles. The average Bonchev–Trinajstić information content (AvgIpc) is 2.94. The maximum absolute atomic E-state index is 13.9. The van der Waals surface area contributed by atoms with Crippen LogP contribution in [-0.2, 0) is 7.05 Å². The number of thioether (sulfide) groups is 1. The molecule has 5 nitrogen and oxygen atoms in total. The monoisotopic (exact) mass is 343 g/mol. The number of halogens is 1. The summed E-state index contributed by atoms with van der Waals surface area (Å²) in [5.41, 5.74) is 0.876. The van der Waals surface area contributed by atoms with Gasteiger partial charge in [0.1, 0.15) is 11.6 Å². The fourth-order valence-corrected chi connectivity index (χ4v) is 2.98. The molecule has 3 aromatic rings. The number of phenols is 1. The molecule has 0 amide bonds. The van der Waals surface area contributed by atoms with Crippen LogP contribution in [0.15, 0.2) is 53.7 Å². The molecule has 1 aromatic heterocycles. The first kappa shape index (κ1) is 16.2. The number of hydrogen-bond donors (Lipinski definition) is 1. The Hall–Kier alpha value is -2.67. The van der Waals surface area contributed by atoms with E-state index in [1.165, 1.54) is 30.0 Å². The van der Waals surface area contributed by atoms with Gasteiger partial charge in [-0.05, 0) is 36.4 Å². The van der Waals surface area contributed by atoms with Crippen LogP contribution in [0.4, 0.5) is 4.39 Å². The number of benzene rings is 2. The van der Waals surface area contributed by atoms with E-state index in [0.717, 1.165) is 0 Å². The Morgan fingerprint density at radius 2 is 1.88 bits per heavy atom. The Morgan fingerprint density at radius 3 is 2.58 bits per heavy atom. The van der Waals surface area contributed by atoms with Crippen LogP contribution in [0.5, 0.6) is 5.75 Å². The summed E-state index contributed by atoms with van der Waals surface area (Å²) in [6.45, 7) is 0. The molecular weight excluding hydrogens is 329 g/mol. The molecule has 0 spiro atoms. The summed E-state index contributed by atoms with van der Waals surface area (Å²) in [6, 6.07) is 12.4. The quantitative estimate of drug-likeness (QED) is 0.569.